The molecule has 36 heavy (non-hydrogen) atoms. The lowest BCUT2D eigenvalue weighted by Crippen LogP contribution is -2.50. The van der Waals surface area contributed by atoms with Crippen molar-refractivity contribution < 1.29 is 9.53 Å². The van der Waals surface area contributed by atoms with Crippen LogP contribution in [0, 0.1) is 11.8 Å². The highest BCUT2D eigenvalue weighted by molar-refractivity contribution is 5.94. The number of carbonyl (C=O) groups excluding carboxylic acids is 1. The van der Waals surface area contributed by atoms with Crippen molar-refractivity contribution in [1.82, 2.24) is 14.8 Å². The SMILES string of the molecule is CCCC(C1CCCN(C(=O)C2CCCC2)C1)N1CCCN(c2c(OC)ccc3cccnc23)CC1. The van der Waals surface area contributed by atoms with Crippen molar-refractivity contribution in [2.45, 2.75) is 70.8 Å². The number of fused-ring (bicyclic) bond motifs is 1. The predicted molar refractivity (Wildman–Crippen MR) is 147 cm³/mol. The van der Waals surface area contributed by atoms with E-state index in [9.17, 15) is 4.79 Å². The first kappa shape index (κ1) is 25.3. The summed E-state index contributed by atoms with van der Waals surface area (Å²) in [5.41, 5.74) is 2.17. The average Bonchev–Trinajstić information content (AvgIpc) is 3.36. The summed E-state index contributed by atoms with van der Waals surface area (Å²) in [5, 5.41) is 1.16. The van der Waals surface area contributed by atoms with Gasteiger partial charge in [-0.2, -0.15) is 0 Å². The van der Waals surface area contributed by atoms with Crippen LogP contribution in [0.3, 0.4) is 0 Å². The van der Waals surface area contributed by atoms with Crippen molar-refractivity contribution in [2.24, 2.45) is 11.8 Å². The number of amides is 1. The van der Waals surface area contributed by atoms with Gasteiger partial charge in [-0.15, -0.1) is 0 Å². The lowest BCUT2D eigenvalue weighted by Gasteiger charge is -2.42. The number of hydrogen-bond acceptors (Lipinski definition) is 5. The van der Waals surface area contributed by atoms with Gasteiger partial charge in [-0.25, -0.2) is 0 Å². The standard InChI is InChI=1S/C30H44N4O2/c1-3-9-26(25-13-7-17-34(22-25)30(35)24-10-4-5-11-24)32-18-8-19-33(21-20-32)29-27(36-2)15-14-23-12-6-16-31-28(23)29/h6,12,14-16,24-26H,3-5,7-11,13,17-22H2,1-2H3. The number of aromatic nitrogens is 1. The molecule has 5 rings (SSSR count). The molecular weight excluding hydrogens is 448 g/mol. The summed E-state index contributed by atoms with van der Waals surface area (Å²) in [5.74, 6) is 2.24. The number of pyridine rings is 1. The molecule has 2 aromatic rings. The molecule has 0 N–H and O–H groups in total. The summed E-state index contributed by atoms with van der Waals surface area (Å²) in [7, 11) is 1.76. The van der Waals surface area contributed by atoms with E-state index >= 15 is 0 Å². The van der Waals surface area contributed by atoms with Crippen LogP contribution in [0.4, 0.5) is 5.69 Å². The number of hydrogen-bond donors (Lipinski definition) is 0. The topological polar surface area (TPSA) is 48.9 Å². The minimum atomic E-state index is 0.296. The van der Waals surface area contributed by atoms with Crippen molar-refractivity contribution in [1.29, 1.82) is 0 Å². The van der Waals surface area contributed by atoms with Gasteiger partial charge >= 0.3 is 0 Å². The summed E-state index contributed by atoms with van der Waals surface area (Å²) in [6.07, 6.45) is 12.5. The van der Waals surface area contributed by atoms with Gasteiger partial charge in [0.15, 0.2) is 0 Å². The zero-order chi connectivity index (χ0) is 24.9. The Hall–Kier alpha value is -2.34. The molecule has 1 amide bonds. The Morgan fingerprint density at radius 3 is 2.69 bits per heavy atom. The lowest BCUT2D eigenvalue weighted by molar-refractivity contribution is -0.137. The molecule has 6 heteroatoms. The van der Waals surface area contributed by atoms with E-state index < -0.39 is 0 Å². The fourth-order valence-corrected chi connectivity index (χ4v) is 7.04. The summed E-state index contributed by atoms with van der Waals surface area (Å²) in [4.78, 5) is 25.4. The first-order chi connectivity index (χ1) is 17.7. The van der Waals surface area contributed by atoms with Gasteiger partial charge in [0.1, 0.15) is 11.4 Å². The molecule has 196 valence electrons. The van der Waals surface area contributed by atoms with Gasteiger partial charge in [0.25, 0.3) is 0 Å². The van der Waals surface area contributed by atoms with Crippen LogP contribution in [0.15, 0.2) is 30.5 Å². The lowest BCUT2D eigenvalue weighted by atomic mass is 9.86. The van der Waals surface area contributed by atoms with Crippen molar-refractivity contribution in [3.8, 4) is 5.75 Å². The third-order valence-electron chi connectivity index (χ3n) is 8.85. The summed E-state index contributed by atoms with van der Waals surface area (Å²) in [6, 6.07) is 8.88. The maximum atomic E-state index is 13.2. The van der Waals surface area contributed by atoms with Crippen molar-refractivity contribution in [3.63, 3.8) is 0 Å². The normalized spacial score (nSPS) is 23.1. The minimum absolute atomic E-state index is 0.296. The first-order valence-corrected chi connectivity index (χ1v) is 14.4. The summed E-state index contributed by atoms with van der Waals surface area (Å²) >= 11 is 0. The van der Waals surface area contributed by atoms with E-state index in [1.54, 1.807) is 7.11 Å². The van der Waals surface area contributed by atoms with Gasteiger partial charge in [0, 0.05) is 62.8 Å². The van der Waals surface area contributed by atoms with E-state index in [4.69, 9.17) is 9.72 Å². The molecule has 0 spiro atoms. The van der Waals surface area contributed by atoms with Gasteiger partial charge in [-0.1, -0.05) is 32.3 Å². The van der Waals surface area contributed by atoms with Crippen LogP contribution in [-0.2, 0) is 4.79 Å². The smallest absolute Gasteiger partial charge is 0.225 e. The van der Waals surface area contributed by atoms with E-state index in [0.29, 0.717) is 23.8 Å². The number of ether oxygens (including phenoxy) is 1. The molecule has 1 aromatic heterocycles. The first-order valence-electron chi connectivity index (χ1n) is 14.4. The maximum absolute atomic E-state index is 13.2. The third kappa shape index (κ3) is 5.34. The molecule has 1 aromatic carbocycles. The predicted octanol–water partition coefficient (Wildman–Crippen LogP) is 5.35. The van der Waals surface area contributed by atoms with Crippen LogP contribution in [0.1, 0.15) is 64.7 Å². The van der Waals surface area contributed by atoms with Crippen molar-refractivity contribution >= 4 is 22.5 Å². The van der Waals surface area contributed by atoms with Crippen LogP contribution in [0.25, 0.3) is 10.9 Å². The molecule has 3 fully saturated rings. The van der Waals surface area contributed by atoms with Crippen LogP contribution in [0.2, 0.25) is 0 Å². The zero-order valence-electron chi connectivity index (χ0n) is 22.3. The molecule has 1 aliphatic carbocycles. The summed E-state index contributed by atoms with van der Waals surface area (Å²) in [6.45, 7) is 8.39. The number of carbonyl (C=O) groups is 1. The van der Waals surface area contributed by atoms with Gasteiger partial charge < -0.3 is 14.5 Å². The molecule has 0 radical (unpaired) electrons. The molecule has 1 saturated carbocycles. The number of likely N-dealkylation sites (tertiary alicyclic amines) is 1. The van der Waals surface area contributed by atoms with Crippen LogP contribution in [0.5, 0.6) is 5.75 Å². The Kier molecular flexibility index (Phi) is 8.30. The highest BCUT2D eigenvalue weighted by atomic mass is 16.5. The minimum Gasteiger partial charge on any atom is -0.494 e. The largest absolute Gasteiger partial charge is 0.494 e. The summed E-state index contributed by atoms with van der Waals surface area (Å²) < 4.78 is 5.80. The fraction of sp³-hybridized carbons (Fsp3) is 0.667. The van der Waals surface area contributed by atoms with Gasteiger partial charge in [-0.3, -0.25) is 14.7 Å². The number of nitrogens with zero attached hydrogens (tertiary/aromatic N) is 4. The van der Waals surface area contributed by atoms with Crippen LogP contribution < -0.4 is 9.64 Å². The number of methoxy groups -OCH3 is 1. The Morgan fingerprint density at radius 1 is 1.03 bits per heavy atom. The Morgan fingerprint density at radius 2 is 1.89 bits per heavy atom. The van der Waals surface area contributed by atoms with Gasteiger partial charge in [-0.05, 0) is 62.6 Å². The Labute approximate surface area is 217 Å². The van der Waals surface area contributed by atoms with Gasteiger partial charge in [0.05, 0.1) is 12.6 Å². The van der Waals surface area contributed by atoms with Crippen molar-refractivity contribution in [3.05, 3.63) is 30.5 Å². The van der Waals surface area contributed by atoms with Crippen LogP contribution >= 0.6 is 0 Å². The van der Waals surface area contributed by atoms with E-state index in [-0.39, 0.29) is 0 Å². The second-order valence-corrected chi connectivity index (χ2v) is 11.1. The van der Waals surface area contributed by atoms with E-state index in [0.717, 1.165) is 87.3 Å². The molecular formula is C30H44N4O2. The molecule has 2 atom stereocenters. The molecule has 2 saturated heterocycles. The third-order valence-corrected chi connectivity index (χ3v) is 8.85. The fourth-order valence-electron chi connectivity index (χ4n) is 7.04. The van der Waals surface area contributed by atoms with Crippen LogP contribution in [-0.4, -0.2) is 73.1 Å². The zero-order valence-corrected chi connectivity index (χ0v) is 22.3. The molecule has 3 aliphatic rings. The second-order valence-electron chi connectivity index (χ2n) is 11.1. The number of anilines is 1. The molecule has 6 nitrogen and oxygen atoms in total. The Balaban J connectivity index is 1.30. The van der Waals surface area contributed by atoms with Crippen molar-refractivity contribution in [2.75, 3.05) is 51.3 Å². The highest BCUT2D eigenvalue weighted by Crippen LogP contribution is 2.36. The number of piperidine rings is 1. The molecule has 2 unspecified atom stereocenters. The monoisotopic (exact) mass is 492 g/mol. The Bertz CT molecular complexity index is 1020. The van der Waals surface area contributed by atoms with E-state index in [1.807, 2.05) is 12.3 Å². The highest BCUT2D eigenvalue weighted by Gasteiger charge is 2.35. The average molecular weight is 493 g/mol. The molecule has 0 bridgehead atoms. The number of benzene rings is 1. The maximum Gasteiger partial charge on any atom is 0.225 e. The van der Waals surface area contributed by atoms with E-state index in [1.165, 1.54) is 32.1 Å². The quantitative estimate of drug-likeness (QED) is 0.521. The molecule has 3 heterocycles. The van der Waals surface area contributed by atoms with Gasteiger partial charge in [0.2, 0.25) is 5.91 Å². The molecule has 2 aliphatic heterocycles. The number of rotatable bonds is 7. The second kappa shape index (κ2) is 11.8. The van der Waals surface area contributed by atoms with E-state index in [2.05, 4.69) is 39.8 Å².